The van der Waals surface area contributed by atoms with Crippen molar-refractivity contribution in [3.05, 3.63) is 320 Å². The lowest BCUT2D eigenvalue weighted by Gasteiger charge is -2.11. The topological polar surface area (TPSA) is 363 Å². The molecule has 0 aliphatic carbocycles. The third-order valence-corrected chi connectivity index (χ3v) is 14.9. The van der Waals surface area contributed by atoms with Crippen molar-refractivity contribution in [2.24, 2.45) is 5.84 Å². The van der Waals surface area contributed by atoms with Gasteiger partial charge in [0.2, 0.25) is 0 Å². The van der Waals surface area contributed by atoms with E-state index < -0.39 is 11.9 Å². The number of rotatable bonds is 16. The molecule has 0 amide bonds. The number of carbonyl (C=O) groups is 4. The summed E-state index contributed by atoms with van der Waals surface area (Å²) in [6.45, 7) is 0. The average molecular weight is 1440 g/mol. The highest BCUT2D eigenvalue weighted by Gasteiger charge is 2.19. The van der Waals surface area contributed by atoms with Crippen LogP contribution >= 0.6 is 15.9 Å². The summed E-state index contributed by atoms with van der Waals surface area (Å²) in [5, 5.41) is 38.0. The second-order valence-corrected chi connectivity index (χ2v) is 21.8. The maximum absolute atomic E-state index is 12.1. The molecule has 0 bridgehead atoms. The molecule has 27 heteroatoms. The summed E-state index contributed by atoms with van der Waals surface area (Å²) in [6.07, 6.45) is 22.7. The molecule has 10 aromatic heterocycles. The Morgan fingerprint density at radius 1 is 0.466 bits per heavy atom. The predicted molar refractivity (Wildman–Crippen MR) is 394 cm³/mol. The quantitative estimate of drug-likeness (QED) is 0.0226. The van der Waals surface area contributed by atoms with Gasteiger partial charge in [-0.2, -0.15) is 20.6 Å². The summed E-state index contributed by atoms with van der Waals surface area (Å²) < 4.78 is 15.2. The van der Waals surface area contributed by atoms with E-state index in [0.29, 0.717) is 50.0 Å². The van der Waals surface area contributed by atoms with Gasteiger partial charge < -0.3 is 36.4 Å². The molecule has 14 aromatic rings. The van der Waals surface area contributed by atoms with Gasteiger partial charge in [-0.3, -0.25) is 45.5 Å². The minimum absolute atomic E-state index is 0.0377. The number of esters is 2. The Balaban J connectivity index is 0.000000152. The van der Waals surface area contributed by atoms with Crippen LogP contribution in [0.4, 0.5) is 34.5 Å². The molecular weight excluding hydrogens is 1370 g/mol. The number of pyridine rings is 7. The van der Waals surface area contributed by atoms with Crippen molar-refractivity contribution in [3.63, 3.8) is 0 Å². The Kier molecular flexibility index (Phi) is 27.0. The maximum Gasteiger partial charge on any atom is 0.340 e. The highest BCUT2D eigenvalue weighted by molar-refractivity contribution is 9.10. The lowest BCUT2D eigenvalue weighted by molar-refractivity contribution is 0.0591. The van der Waals surface area contributed by atoms with E-state index >= 15 is 0 Å². The normalized spacial score (nSPS) is 10.0. The zero-order chi connectivity index (χ0) is 72.6. The number of nitriles is 1. The molecule has 0 radical (unpaired) electrons. The van der Waals surface area contributed by atoms with E-state index in [2.05, 4.69) is 81.8 Å². The minimum Gasteiger partial charge on any atom is -0.478 e. The van der Waals surface area contributed by atoms with Crippen molar-refractivity contribution in [3.8, 4) is 56.9 Å². The summed E-state index contributed by atoms with van der Waals surface area (Å²) in [5.41, 5.74) is 19.8. The number of anilines is 6. The van der Waals surface area contributed by atoms with Gasteiger partial charge in [0, 0.05) is 115 Å². The van der Waals surface area contributed by atoms with Crippen molar-refractivity contribution >= 4 is 74.1 Å². The second kappa shape index (κ2) is 38.1. The number of carbonyl (C=O) groups excluding carboxylic acids is 3. The Morgan fingerprint density at radius 3 is 1.23 bits per heavy atom. The molecule has 512 valence electrons. The summed E-state index contributed by atoms with van der Waals surface area (Å²) in [5.74, 6) is 5.04. The first kappa shape index (κ1) is 73.0. The molecule has 0 saturated heterocycles. The molecule has 0 aliphatic rings. The van der Waals surface area contributed by atoms with Gasteiger partial charge in [-0.05, 0) is 82.7 Å². The highest BCUT2D eigenvalue weighted by Crippen LogP contribution is 2.31. The van der Waals surface area contributed by atoms with Crippen LogP contribution in [0.2, 0.25) is 0 Å². The van der Waals surface area contributed by atoms with Gasteiger partial charge in [0.25, 0.3) is 0 Å². The summed E-state index contributed by atoms with van der Waals surface area (Å²) >= 11 is 3.17. The Hall–Kier alpha value is -14.2. The number of nitrogens with two attached hydrogens (primary N) is 2. The monoisotopic (exact) mass is 1430 g/mol. The molecule has 0 spiro atoms. The summed E-state index contributed by atoms with van der Waals surface area (Å²) in [7, 11) is 2.69. The molecule has 0 aliphatic heterocycles. The molecule has 0 atom stereocenters. The summed E-state index contributed by atoms with van der Waals surface area (Å²) in [4.78, 5) is 73.4. The van der Waals surface area contributed by atoms with Crippen molar-refractivity contribution in [2.45, 2.75) is 6.42 Å². The van der Waals surface area contributed by atoms with Gasteiger partial charge >= 0.3 is 17.9 Å². The number of hydrogen-bond acceptors (Lipinski definition) is 22. The van der Waals surface area contributed by atoms with Crippen LogP contribution in [-0.4, -0.2) is 107 Å². The lowest BCUT2D eigenvalue weighted by atomic mass is 10.1. The number of hydrazine groups is 1. The number of methoxy groups -OCH3 is 2. The number of ketones is 1. The number of aromatic nitrogens is 13. The van der Waals surface area contributed by atoms with Crippen molar-refractivity contribution in [1.82, 2.24) is 64.2 Å². The number of nitrogen functional groups attached to an aromatic ring is 2. The van der Waals surface area contributed by atoms with Gasteiger partial charge in [-0.1, -0.05) is 121 Å². The standard InChI is InChI=1S/C21H17N5O2.C20H15N5O2.C14H12N4.C9H7NO.C7H6BrNO2.C5H7N3/c1-28-21(27)17-9-12-23-14-19(17)24-20-13-18(15-5-3-2-4-6-15)25-26(20)16-7-10-22-11-8-16;26-20(27)16-8-11-22-13-18(16)23-19-12-17(14-4-2-1-3-5-14)24-25(19)15-6-9-21-10-7-15;15-14-10-13(11-4-2-1-3-5-11)17-18(14)12-6-8-16-9-7-12;10-7-6-9(11)8-4-2-1-3-5-8;1-11-7(10)5-2-3-9-4-6(5)8;6-8-5-1-3-7-4-2-5/h2-14,24H,1H3;1-13,23H,(H,26,27);1-10H,15H2;1-5H,6H2;2-4H,1H3;1-4H,6H2,(H,7,8). The van der Waals surface area contributed by atoms with E-state index in [4.69, 9.17) is 26.7 Å². The molecule has 103 heavy (non-hydrogen) atoms. The smallest absolute Gasteiger partial charge is 0.340 e. The molecule has 8 N–H and O–H groups in total. The van der Waals surface area contributed by atoms with Gasteiger partial charge in [0.15, 0.2) is 5.78 Å². The number of ether oxygens (including phenoxy) is 2. The number of carboxylic acid groups (broad SMARTS) is 1. The van der Waals surface area contributed by atoms with Crippen molar-refractivity contribution < 1.29 is 33.8 Å². The number of Topliss-reactive ketones (excluding diaryl/α,β-unsaturated/α-hetero) is 1. The average Bonchev–Trinajstić information content (AvgIpc) is 1.69. The zero-order valence-corrected chi connectivity index (χ0v) is 56.7. The predicted octanol–water partition coefficient (Wildman–Crippen LogP) is 13.9. The Labute approximate surface area is 599 Å². The summed E-state index contributed by atoms with van der Waals surface area (Å²) in [6, 6.07) is 65.3. The van der Waals surface area contributed by atoms with Crippen LogP contribution in [0.25, 0.3) is 50.8 Å². The van der Waals surface area contributed by atoms with E-state index in [1.807, 2.05) is 158 Å². The first-order valence-corrected chi connectivity index (χ1v) is 31.8. The number of benzene rings is 4. The van der Waals surface area contributed by atoms with Crippen LogP contribution in [0.15, 0.2) is 297 Å². The van der Waals surface area contributed by atoms with Gasteiger partial charge in [-0.25, -0.2) is 28.4 Å². The zero-order valence-electron chi connectivity index (χ0n) is 55.1. The SMILES string of the molecule is COC(=O)c1ccncc1Br.COC(=O)c1ccncc1Nc1cc(-c2ccccc2)nn1-c1ccncc1.N#CCC(=O)c1ccccc1.NNc1ccncc1.Nc1cc(-c2ccccc2)nn1-c1ccncc1.O=C(O)c1ccncc1Nc1cc(-c2ccccc2)nn1-c1ccncc1. The molecule has 26 nitrogen and oxygen atoms in total. The van der Waals surface area contributed by atoms with E-state index in [-0.39, 0.29) is 23.7 Å². The maximum atomic E-state index is 12.1. The third-order valence-electron chi connectivity index (χ3n) is 14.2. The van der Waals surface area contributed by atoms with E-state index in [0.717, 1.165) is 56.5 Å². The van der Waals surface area contributed by atoms with Crippen LogP contribution < -0.4 is 27.6 Å². The Bertz CT molecular complexity index is 5040. The number of halogens is 1. The molecule has 0 fully saturated rings. The highest BCUT2D eigenvalue weighted by atomic mass is 79.9. The molecular formula is C76H64BrN19O7. The molecule has 4 aromatic carbocycles. The number of hydrogen-bond donors (Lipinski definition) is 6. The van der Waals surface area contributed by atoms with Crippen LogP contribution in [0, 0.1) is 11.3 Å². The molecule has 0 saturated carbocycles. The molecule has 14 rings (SSSR count). The van der Waals surface area contributed by atoms with E-state index in [9.17, 15) is 24.3 Å². The minimum atomic E-state index is -1.03. The van der Waals surface area contributed by atoms with Crippen LogP contribution in [0.3, 0.4) is 0 Å². The first-order chi connectivity index (χ1) is 50.3. The number of nitrogens with one attached hydrogen (secondary N) is 3. The first-order valence-electron chi connectivity index (χ1n) is 31.0. The largest absolute Gasteiger partial charge is 0.478 e. The van der Waals surface area contributed by atoms with Crippen molar-refractivity contribution in [2.75, 3.05) is 36.0 Å². The second-order valence-electron chi connectivity index (χ2n) is 21.0. The van der Waals surface area contributed by atoms with Crippen LogP contribution in [-0.2, 0) is 9.47 Å². The number of nitrogens with zero attached hydrogens (tertiary/aromatic N) is 14. The molecule has 0 unspecified atom stereocenters. The Morgan fingerprint density at radius 2 is 0.825 bits per heavy atom. The molecule has 10 heterocycles. The third kappa shape index (κ3) is 20.9. The lowest BCUT2D eigenvalue weighted by Crippen LogP contribution is -2.08. The van der Waals surface area contributed by atoms with E-state index in [1.54, 1.807) is 131 Å². The fraction of sp³-hybridized carbons (Fsp3) is 0.0395. The van der Waals surface area contributed by atoms with Gasteiger partial charge in [0.1, 0.15) is 17.5 Å². The number of carboxylic acids is 1. The van der Waals surface area contributed by atoms with Gasteiger partial charge in [0.05, 0.1) is 111 Å². The van der Waals surface area contributed by atoms with E-state index in [1.165, 1.54) is 38.9 Å². The van der Waals surface area contributed by atoms with Crippen molar-refractivity contribution in [1.29, 1.82) is 5.26 Å². The van der Waals surface area contributed by atoms with Gasteiger partial charge in [-0.15, -0.1) is 0 Å². The number of aromatic carboxylic acids is 1. The van der Waals surface area contributed by atoms with Crippen LogP contribution in [0.5, 0.6) is 0 Å². The van der Waals surface area contributed by atoms with Crippen LogP contribution in [0.1, 0.15) is 47.9 Å². The fourth-order valence-corrected chi connectivity index (χ4v) is 9.69. The fourth-order valence-electron chi connectivity index (χ4n) is 9.28.